The molecule has 2 heterocycles. The average Bonchev–Trinajstić information content (AvgIpc) is 3.22. The van der Waals surface area contributed by atoms with E-state index in [2.05, 4.69) is 5.10 Å². The van der Waals surface area contributed by atoms with Crippen molar-refractivity contribution in [3.05, 3.63) is 52.8 Å². The lowest BCUT2D eigenvalue weighted by atomic mass is 10.00. The van der Waals surface area contributed by atoms with Crippen LogP contribution in [-0.4, -0.2) is 38.1 Å². The largest absolute Gasteiger partial charge is 0.394 e. The van der Waals surface area contributed by atoms with Gasteiger partial charge in [-0.15, -0.1) is 0 Å². The number of fused-ring (bicyclic) bond motifs is 2. The van der Waals surface area contributed by atoms with Gasteiger partial charge in [-0.2, -0.15) is 5.10 Å². The van der Waals surface area contributed by atoms with Crippen molar-refractivity contribution in [2.45, 2.75) is 32.0 Å². The molecule has 1 atom stereocenters. The van der Waals surface area contributed by atoms with E-state index in [1.54, 1.807) is 21.8 Å². The van der Waals surface area contributed by atoms with E-state index in [0.29, 0.717) is 25.2 Å². The van der Waals surface area contributed by atoms with Crippen molar-refractivity contribution in [2.24, 2.45) is 0 Å². The number of carbonyl (C=O) groups excluding carboxylic acids is 2. The maximum absolute atomic E-state index is 12.9. The number of rotatable bonds is 3. The van der Waals surface area contributed by atoms with E-state index >= 15 is 0 Å². The highest BCUT2D eigenvalue weighted by Crippen LogP contribution is 2.36. The lowest BCUT2D eigenvalue weighted by molar-refractivity contribution is -0.133. The molecule has 0 saturated carbocycles. The molecule has 0 radical (unpaired) electrons. The van der Waals surface area contributed by atoms with Gasteiger partial charge in [-0.05, 0) is 5.56 Å². The minimum absolute atomic E-state index is 0.00458. The van der Waals surface area contributed by atoms with Gasteiger partial charge in [-0.25, -0.2) is 0 Å². The zero-order chi connectivity index (χ0) is 16.0. The summed E-state index contributed by atoms with van der Waals surface area (Å²) in [7, 11) is 0. The van der Waals surface area contributed by atoms with Crippen LogP contribution in [0.3, 0.4) is 0 Å². The molecule has 4 rings (SSSR count). The molecular weight excluding hydrogens is 294 g/mol. The smallest absolute Gasteiger partial charge is 0.231 e. The van der Waals surface area contributed by atoms with Crippen molar-refractivity contribution in [1.82, 2.24) is 14.7 Å². The number of benzene rings is 1. The van der Waals surface area contributed by atoms with Gasteiger partial charge in [0.25, 0.3) is 0 Å². The molecule has 6 nitrogen and oxygen atoms in total. The molecule has 1 aliphatic carbocycles. The standard InChI is InChI=1S/C17H17N3O3/c21-6-5-20-15-10-19(9-11(15)8-18-20)17(23)14-7-16(22)13-4-2-1-3-12(13)14/h1-4,8,14,21H,5-7,9-10H2/t14-/m0/s1. The molecule has 0 spiro atoms. The number of aliphatic hydroxyl groups excluding tert-OH is 1. The van der Waals surface area contributed by atoms with E-state index in [9.17, 15) is 9.59 Å². The molecule has 23 heavy (non-hydrogen) atoms. The summed E-state index contributed by atoms with van der Waals surface area (Å²) in [6.45, 7) is 1.46. The Balaban J connectivity index is 1.57. The first-order valence-corrected chi connectivity index (χ1v) is 7.74. The maximum atomic E-state index is 12.9. The summed E-state index contributed by atoms with van der Waals surface area (Å²) in [6, 6.07) is 7.37. The zero-order valence-electron chi connectivity index (χ0n) is 12.6. The van der Waals surface area contributed by atoms with Crippen LogP contribution in [0.5, 0.6) is 0 Å². The normalized spacial score (nSPS) is 19.1. The van der Waals surface area contributed by atoms with Crippen LogP contribution >= 0.6 is 0 Å². The summed E-state index contributed by atoms with van der Waals surface area (Å²) in [6.07, 6.45) is 2.01. The van der Waals surface area contributed by atoms with Gasteiger partial charge in [0.2, 0.25) is 5.91 Å². The van der Waals surface area contributed by atoms with E-state index in [-0.39, 0.29) is 30.6 Å². The Bertz CT molecular complexity index is 796. The molecule has 0 bridgehead atoms. The molecule has 2 aliphatic rings. The van der Waals surface area contributed by atoms with Crippen molar-refractivity contribution >= 4 is 11.7 Å². The molecule has 0 unspecified atom stereocenters. The predicted molar refractivity (Wildman–Crippen MR) is 81.7 cm³/mol. The minimum atomic E-state index is -0.373. The second-order valence-corrected chi connectivity index (χ2v) is 6.02. The fraction of sp³-hybridized carbons (Fsp3) is 0.353. The Kier molecular flexibility index (Phi) is 3.27. The van der Waals surface area contributed by atoms with E-state index in [0.717, 1.165) is 16.8 Å². The molecule has 118 valence electrons. The molecule has 1 N–H and O–H groups in total. The quantitative estimate of drug-likeness (QED) is 0.920. The monoisotopic (exact) mass is 311 g/mol. The third-order valence-corrected chi connectivity index (χ3v) is 4.68. The fourth-order valence-corrected chi connectivity index (χ4v) is 3.55. The van der Waals surface area contributed by atoms with Crippen molar-refractivity contribution in [3.8, 4) is 0 Å². The lowest BCUT2D eigenvalue weighted by Gasteiger charge is -2.20. The van der Waals surface area contributed by atoms with Crippen LogP contribution in [-0.2, 0) is 24.4 Å². The second kappa shape index (κ2) is 5.31. The van der Waals surface area contributed by atoms with Crippen LogP contribution in [0.2, 0.25) is 0 Å². The lowest BCUT2D eigenvalue weighted by Crippen LogP contribution is -2.30. The number of carbonyl (C=O) groups is 2. The number of aromatic nitrogens is 2. The second-order valence-electron chi connectivity index (χ2n) is 6.02. The van der Waals surface area contributed by atoms with Crippen molar-refractivity contribution in [3.63, 3.8) is 0 Å². The highest BCUT2D eigenvalue weighted by atomic mass is 16.3. The fourth-order valence-electron chi connectivity index (χ4n) is 3.55. The summed E-state index contributed by atoms with van der Waals surface area (Å²) in [5.41, 5.74) is 3.51. The minimum Gasteiger partial charge on any atom is -0.394 e. The first-order valence-electron chi connectivity index (χ1n) is 7.74. The van der Waals surface area contributed by atoms with Crippen LogP contribution in [0.4, 0.5) is 0 Å². The number of hydrogen-bond acceptors (Lipinski definition) is 4. The third-order valence-electron chi connectivity index (χ3n) is 4.68. The number of amides is 1. The van der Waals surface area contributed by atoms with Crippen molar-refractivity contribution in [1.29, 1.82) is 0 Å². The van der Waals surface area contributed by atoms with Gasteiger partial charge in [0.15, 0.2) is 5.78 Å². The van der Waals surface area contributed by atoms with E-state index in [4.69, 9.17) is 5.11 Å². The van der Waals surface area contributed by atoms with Gasteiger partial charge in [0.05, 0.1) is 37.5 Å². The Labute approximate surface area is 133 Å². The SMILES string of the molecule is O=C1C[C@H](C(=O)N2Cc3cnn(CCO)c3C2)c2ccccc21. The number of aliphatic hydroxyl groups is 1. The summed E-state index contributed by atoms with van der Waals surface area (Å²) in [5, 5.41) is 13.3. The van der Waals surface area contributed by atoms with Crippen LogP contribution in [0, 0.1) is 0 Å². The van der Waals surface area contributed by atoms with Crippen LogP contribution < -0.4 is 0 Å². The Hall–Kier alpha value is -2.47. The third kappa shape index (κ3) is 2.17. The van der Waals surface area contributed by atoms with Crippen molar-refractivity contribution in [2.75, 3.05) is 6.61 Å². The molecule has 1 aliphatic heterocycles. The zero-order valence-corrected chi connectivity index (χ0v) is 12.6. The molecule has 6 heteroatoms. The molecule has 2 aromatic rings. The average molecular weight is 311 g/mol. The first-order chi connectivity index (χ1) is 11.2. The summed E-state index contributed by atoms with van der Waals surface area (Å²) < 4.78 is 1.75. The Morgan fingerprint density at radius 3 is 2.96 bits per heavy atom. The molecule has 1 aromatic carbocycles. The van der Waals surface area contributed by atoms with Gasteiger partial charge < -0.3 is 10.0 Å². The molecule has 0 fully saturated rings. The highest BCUT2D eigenvalue weighted by molar-refractivity contribution is 6.06. The predicted octanol–water partition coefficient (Wildman–Crippen LogP) is 1.09. The maximum Gasteiger partial charge on any atom is 0.231 e. The van der Waals surface area contributed by atoms with Crippen LogP contribution in [0.1, 0.15) is 39.5 Å². The number of hydrogen-bond donors (Lipinski definition) is 1. The van der Waals surface area contributed by atoms with E-state index in [1.807, 2.05) is 18.2 Å². The number of Topliss-reactive ketones (excluding diaryl/α,β-unsaturated/α-hetero) is 1. The van der Waals surface area contributed by atoms with Crippen molar-refractivity contribution < 1.29 is 14.7 Å². The Morgan fingerprint density at radius 2 is 2.13 bits per heavy atom. The molecular formula is C17H17N3O3. The summed E-state index contributed by atoms with van der Waals surface area (Å²) in [5.74, 6) is -0.334. The van der Waals surface area contributed by atoms with Crippen LogP contribution in [0.15, 0.2) is 30.5 Å². The Morgan fingerprint density at radius 1 is 1.30 bits per heavy atom. The van der Waals surface area contributed by atoms with E-state index in [1.165, 1.54) is 0 Å². The molecule has 1 aromatic heterocycles. The highest BCUT2D eigenvalue weighted by Gasteiger charge is 2.38. The van der Waals surface area contributed by atoms with Gasteiger partial charge in [-0.3, -0.25) is 14.3 Å². The van der Waals surface area contributed by atoms with Gasteiger partial charge in [-0.1, -0.05) is 24.3 Å². The van der Waals surface area contributed by atoms with E-state index < -0.39 is 0 Å². The van der Waals surface area contributed by atoms with Gasteiger partial charge in [0, 0.05) is 24.1 Å². The topological polar surface area (TPSA) is 75.4 Å². The number of ketones is 1. The summed E-state index contributed by atoms with van der Waals surface area (Å²) >= 11 is 0. The van der Waals surface area contributed by atoms with Gasteiger partial charge >= 0.3 is 0 Å². The first kappa shape index (κ1) is 14.1. The van der Waals surface area contributed by atoms with Crippen LogP contribution in [0.25, 0.3) is 0 Å². The summed E-state index contributed by atoms with van der Waals surface area (Å²) in [4.78, 5) is 26.8. The molecule has 1 amide bonds. The molecule has 0 saturated heterocycles. The van der Waals surface area contributed by atoms with Gasteiger partial charge in [0.1, 0.15) is 0 Å². The number of nitrogens with zero attached hydrogens (tertiary/aromatic N) is 3.